The van der Waals surface area contributed by atoms with Gasteiger partial charge < -0.3 is 0 Å². The Labute approximate surface area is 56.4 Å². The summed E-state index contributed by atoms with van der Waals surface area (Å²) in [5.74, 6) is 0. The maximum atomic E-state index is 0. The molecule has 0 saturated carbocycles. The minimum absolute atomic E-state index is 0. The van der Waals surface area contributed by atoms with Crippen LogP contribution in [0.25, 0.3) is 0 Å². The van der Waals surface area contributed by atoms with Gasteiger partial charge in [-0.05, 0) is 0 Å². The molecule has 0 saturated heterocycles. The molecule has 0 aliphatic heterocycles. The number of rotatable bonds is 0. The topological polar surface area (TPSA) is 0 Å². The van der Waals surface area contributed by atoms with Crippen molar-refractivity contribution >= 4 is 27.3 Å². The fourth-order valence-electron chi connectivity index (χ4n) is 0. The van der Waals surface area contributed by atoms with Crippen LogP contribution in [0.2, 0.25) is 0 Å². The molecule has 0 unspecified atom stereocenters. The Morgan fingerprint density at radius 1 is 0.375 bits per heavy atom. The van der Waals surface area contributed by atoms with Gasteiger partial charge in [0.25, 0.3) is 0 Å². The van der Waals surface area contributed by atoms with Crippen molar-refractivity contribution in [2.75, 3.05) is 0 Å². The Kier molecular flexibility index (Phi) is 4420000. The van der Waals surface area contributed by atoms with E-state index < -0.39 is 0 Å². The van der Waals surface area contributed by atoms with Crippen LogP contribution in [0, 0.1) is 0 Å². The second-order valence-corrected chi connectivity index (χ2v) is 0. The van der Waals surface area contributed by atoms with Gasteiger partial charge in [-0.3, -0.25) is 28.2 Å². The van der Waals surface area contributed by atoms with Gasteiger partial charge in [0.2, 0.25) is 0 Å². The van der Waals surface area contributed by atoms with Crippen LogP contribution in [0.4, 0.5) is 28.2 Å². The predicted molar refractivity (Wildman–Crippen MR) is 27.9 cm³/mol. The van der Waals surface area contributed by atoms with E-state index in [0.29, 0.717) is 0 Å². The quantitative estimate of drug-likeness (QED) is 0.324. The maximum absolute atomic E-state index is 0. The van der Waals surface area contributed by atoms with Gasteiger partial charge in [-0.15, -0.1) is 0 Å². The van der Waals surface area contributed by atoms with Gasteiger partial charge >= 0.3 is 18.9 Å². The molecule has 0 amide bonds. The van der Waals surface area contributed by atoms with Gasteiger partial charge in [0.1, 0.15) is 0 Å². The zero-order valence-corrected chi connectivity index (χ0v) is 3.03. The number of halogens is 6. The first-order chi connectivity index (χ1) is 0. The number of hydrogen-bond acceptors (Lipinski definition) is 0. The zero-order valence-electron chi connectivity index (χ0n) is 3.03. The van der Waals surface area contributed by atoms with E-state index in [9.17, 15) is 0 Å². The van der Waals surface area contributed by atoms with Crippen LogP contribution in [0.5, 0.6) is 0 Å². The van der Waals surface area contributed by atoms with Crippen LogP contribution in [0.15, 0.2) is 0 Å². The summed E-state index contributed by atoms with van der Waals surface area (Å²) in [6.45, 7) is 0. The first kappa shape index (κ1) is 7360. The molecule has 0 aliphatic carbocycles. The molecular formula is H7BF6Li. The average Bonchev–Trinajstić information content (AvgIpc) is 0. The summed E-state index contributed by atoms with van der Waals surface area (Å²) in [5, 5.41) is 0. The second kappa shape index (κ2) is 4810. The van der Waals surface area contributed by atoms with Crippen LogP contribution in [0.1, 0.15) is 0 Å². The Hall–Kier alpha value is 0.242. The average molecular weight is 139 g/mol. The van der Waals surface area contributed by atoms with Crippen LogP contribution in [-0.4, -0.2) is 27.3 Å². The van der Waals surface area contributed by atoms with Crippen molar-refractivity contribution < 1.29 is 28.2 Å². The third-order valence-electron chi connectivity index (χ3n) is 0. The van der Waals surface area contributed by atoms with E-state index in [0.717, 1.165) is 0 Å². The molecule has 8 heavy (non-hydrogen) atoms. The van der Waals surface area contributed by atoms with Crippen molar-refractivity contribution in [3.05, 3.63) is 0 Å². The monoisotopic (exact) mass is 139 g/mol. The Morgan fingerprint density at radius 3 is 0.375 bits per heavy atom. The molecule has 0 bridgehead atoms. The third kappa shape index (κ3) is 2920. The summed E-state index contributed by atoms with van der Waals surface area (Å²) in [6.07, 6.45) is 0. The van der Waals surface area contributed by atoms with Gasteiger partial charge in [-0.25, -0.2) is 0 Å². The van der Waals surface area contributed by atoms with E-state index in [2.05, 4.69) is 0 Å². The van der Waals surface area contributed by atoms with Crippen molar-refractivity contribution in [2.45, 2.75) is 0 Å². The van der Waals surface area contributed by atoms with Crippen molar-refractivity contribution in [2.24, 2.45) is 0 Å². The third-order valence-corrected chi connectivity index (χ3v) is 0. The van der Waals surface area contributed by atoms with Gasteiger partial charge in [0.15, 0.2) is 0 Å². The van der Waals surface area contributed by atoms with Crippen LogP contribution in [0.3, 0.4) is 0 Å². The van der Waals surface area contributed by atoms with Crippen LogP contribution in [-0.2, 0) is 0 Å². The fraction of sp³-hybridized carbons (Fsp3) is 0. The molecule has 0 N–H and O–H groups in total. The summed E-state index contributed by atoms with van der Waals surface area (Å²) in [7, 11) is 0. The SMILES string of the molecule is F.F.F.F.F.F.[B].[LiH]. The molecular weight excluding hydrogens is 132 g/mol. The van der Waals surface area contributed by atoms with Crippen molar-refractivity contribution in [1.29, 1.82) is 0 Å². The molecule has 0 aromatic carbocycles. The molecule has 0 fully saturated rings. The molecule has 3 radical (unpaired) electrons. The molecule has 0 atom stereocenters. The van der Waals surface area contributed by atoms with E-state index in [1.54, 1.807) is 0 Å². The molecule has 8 heteroatoms. The van der Waals surface area contributed by atoms with E-state index >= 15 is 0 Å². The fourth-order valence-corrected chi connectivity index (χ4v) is 0. The van der Waals surface area contributed by atoms with E-state index in [1.807, 2.05) is 0 Å². The molecule has 0 aliphatic rings. The van der Waals surface area contributed by atoms with E-state index in [-0.39, 0.29) is 55.5 Å². The molecule has 53 valence electrons. The van der Waals surface area contributed by atoms with Gasteiger partial charge in [-0.1, -0.05) is 0 Å². The standard InChI is InChI=1S/B.6FH.Li.H/h;6*1H;;. The van der Waals surface area contributed by atoms with E-state index in [4.69, 9.17) is 0 Å². The zero-order chi connectivity index (χ0) is 0. The normalized spacial score (nSPS) is 0. The van der Waals surface area contributed by atoms with Gasteiger partial charge in [0.05, 0.1) is 0 Å². The summed E-state index contributed by atoms with van der Waals surface area (Å²) >= 11 is 0. The molecule has 0 spiro atoms. The second-order valence-electron chi connectivity index (χ2n) is 0. The summed E-state index contributed by atoms with van der Waals surface area (Å²) < 4.78 is 0. The molecule has 0 heterocycles. The Bertz CT molecular complexity index is 8.49. The van der Waals surface area contributed by atoms with Crippen molar-refractivity contribution in [3.8, 4) is 0 Å². The summed E-state index contributed by atoms with van der Waals surface area (Å²) in [4.78, 5) is 0. The molecule has 0 nitrogen and oxygen atoms in total. The first-order valence-corrected chi connectivity index (χ1v) is 0. The van der Waals surface area contributed by atoms with Gasteiger partial charge in [0, 0.05) is 8.41 Å². The van der Waals surface area contributed by atoms with Crippen LogP contribution < -0.4 is 0 Å². The molecule has 0 aromatic rings. The predicted octanol–water partition coefficient (Wildman–Crippen LogP) is -0.114. The van der Waals surface area contributed by atoms with Crippen molar-refractivity contribution in [3.63, 3.8) is 0 Å². The van der Waals surface area contributed by atoms with Crippen molar-refractivity contribution in [1.82, 2.24) is 0 Å². The summed E-state index contributed by atoms with van der Waals surface area (Å²) in [6, 6.07) is 0. The number of hydrogen-bond donors (Lipinski definition) is 0. The minimum atomic E-state index is 0. The Morgan fingerprint density at radius 2 is 0.375 bits per heavy atom. The molecule has 0 rings (SSSR count). The molecule has 0 aromatic heterocycles. The van der Waals surface area contributed by atoms with E-state index in [1.165, 1.54) is 0 Å². The Balaban J connectivity index is 0. The van der Waals surface area contributed by atoms with Crippen LogP contribution >= 0.6 is 0 Å². The van der Waals surface area contributed by atoms with Gasteiger partial charge in [-0.2, -0.15) is 0 Å². The first-order valence-electron chi connectivity index (χ1n) is 0. The summed E-state index contributed by atoms with van der Waals surface area (Å²) in [5.41, 5.74) is 0.